The van der Waals surface area contributed by atoms with Crippen molar-refractivity contribution < 1.29 is 38.0 Å². The molecule has 0 radical (unpaired) electrons. The molecule has 0 heterocycles. The molecule has 0 amide bonds. The average molecular weight is 520 g/mol. The normalized spacial score (nSPS) is 13.5. The number of hydrogen-bond acceptors (Lipinski definition) is 8. The topological polar surface area (TPSA) is 112 Å². The number of carbonyl (C=O) groups is 2. The first-order chi connectivity index (χ1) is 16.8. The van der Waals surface area contributed by atoms with Crippen molar-refractivity contribution in [1.82, 2.24) is 5.23 Å². The maximum Gasteiger partial charge on any atom is 0.532 e. The molecular formula is C24H23ClNO8P. The van der Waals surface area contributed by atoms with Gasteiger partial charge in [-0.3, -0.25) is 14.5 Å². The number of carbonyl (C=O) groups excluding carboxylic acids is 1. The summed E-state index contributed by atoms with van der Waals surface area (Å²) in [6.07, 6.45) is -0.787. The predicted octanol–water partition coefficient (Wildman–Crippen LogP) is 5.36. The van der Waals surface area contributed by atoms with Gasteiger partial charge in [0.2, 0.25) is 0 Å². The highest BCUT2D eigenvalue weighted by atomic mass is 35.7. The number of hydroxylamine groups is 2. The van der Waals surface area contributed by atoms with E-state index >= 15 is 0 Å². The molecule has 0 aliphatic rings. The lowest BCUT2D eigenvalue weighted by molar-refractivity contribution is -0.394. The summed E-state index contributed by atoms with van der Waals surface area (Å²) in [6.45, 7) is -4.56. The minimum Gasteiger partial charge on any atom is -0.481 e. The molecule has 35 heavy (non-hydrogen) atoms. The van der Waals surface area contributed by atoms with Gasteiger partial charge in [-0.05, 0) is 23.3 Å². The number of benzene rings is 3. The Labute approximate surface area is 207 Å². The number of aliphatic carboxylic acids is 1. The van der Waals surface area contributed by atoms with Crippen LogP contribution in [0, 0.1) is 0 Å². The van der Waals surface area contributed by atoms with Gasteiger partial charge in [0.15, 0.2) is 6.04 Å². The van der Waals surface area contributed by atoms with Gasteiger partial charge < -0.3 is 14.2 Å². The number of carboxylic acids is 1. The van der Waals surface area contributed by atoms with E-state index in [1.54, 1.807) is 66.7 Å². The van der Waals surface area contributed by atoms with E-state index in [0.717, 1.165) is 16.4 Å². The van der Waals surface area contributed by atoms with Crippen LogP contribution in [0.25, 0.3) is 0 Å². The van der Waals surface area contributed by atoms with Crippen molar-refractivity contribution in [3.05, 3.63) is 102 Å². The standard InChI is InChI=1S/C24H23ClNO8P/c25-35(30,33-21-14-8-3-9-15-21)34-24(29)22(16-23(27)28)26(31-17-19-10-4-1-5-11-19)32-18-20-12-6-2-7-13-20/h1-15,22H,16-18H2,(H,27,28)/t22-,35?/m0/s1. The molecular weight excluding hydrogens is 497 g/mol. The summed E-state index contributed by atoms with van der Waals surface area (Å²) >= 11 is 5.84. The summed E-state index contributed by atoms with van der Waals surface area (Å²) in [6, 6.07) is 24.1. The van der Waals surface area contributed by atoms with E-state index in [9.17, 15) is 19.3 Å². The molecule has 0 bridgehead atoms. The van der Waals surface area contributed by atoms with Crippen molar-refractivity contribution >= 4 is 30.1 Å². The van der Waals surface area contributed by atoms with Crippen molar-refractivity contribution in [2.75, 3.05) is 0 Å². The quantitative estimate of drug-likeness (QED) is 0.235. The van der Waals surface area contributed by atoms with Gasteiger partial charge in [0, 0.05) is 11.2 Å². The second-order valence-corrected chi connectivity index (χ2v) is 9.63. The molecule has 3 rings (SSSR count). The SMILES string of the molecule is O=C(O)C[C@@H](C(=O)OP(=O)(Cl)Oc1ccccc1)N(OCc1ccccc1)OCc1ccccc1. The Bertz CT molecular complexity index is 1090. The molecule has 11 heteroatoms. The number of halogens is 1. The molecule has 9 nitrogen and oxygen atoms in total. The van der Waals surface area contributed by atoms with E-state index in [-0.39, 0.29) is 19.0 Å². The van der Waals surface area contributed by atoms with E-state index in [1.165, 1.54) is 12.1 Å². The summed E-state index contributed by atoms with van der Waals surface area (Å²) in [4.78, 5) is 35.8. The fourth-order valence-corrected chi connectivity index (χ4v) is 4.04. The number of nitrogens with zero attached hydrogens (tertiary/aromatic N) is 1. The van der Waals surface area contributed by atoms with Crippen LogP contribution >= 0.6 is 18.2 Å². The van der Waals surface area contributed by atoms with Gasteiger partial charge in [0.05, 0.1) is 19.6 Å². The number of para-hydroxylation sites is 1. The molecule has 0 spiro atoms. The first-order valence-electron chi connectivity index (χ1n) is 10.4. The van der Waals surface area contributed by atoms with Crippen LogP contribution in [0.15, 0.2) is 91.0 Å². The zero-order valence-electron chi connectivity index (χ0n) is 18.4. The Morgan fingerprint density at radius 3 is 1.74 bits per heavy atom. The molecule has 184 valence electrons. The van der Waals surface area contributed by atoms with E-state index in [0.29, 0.717) is 0 Å². The minimum atomic E-state index is -4.47. The van der Waals surface area contributed by atoms with Gasteiger partial charge >= 0.3 is 18.9 Å². The molecule has 0 aliphatic carbocycles. The lowest BCUT2D eigenvalue weighted by Crippen LogP contribution is -2.43. The summed E-state index contributed by atoms with van der Waals surface area (Å²) in [5.74, 6) is -2.51. The fourth-order valence-electron chi connectivity index (χ4n) is 2.85. The fraction of sp³-hybridized carbons (Fsp3) is 0.167. The van der Waals surface area contributed by atoms with Crippen LogP contribution in [0.1, 0.15) is 17.5 Å². The Morgan fingerprint density at radius 2 is 1.29 bits per heavy atom. The molecule has 3 aromatic carbocycles. The summed E-state index contributed by atoms with van der Waals surface area (Å²) < 4.78 is 22.6. The Balaban J connectivity index is 1.78. The molecule has 0 saturated carbocycles. The van der Waals surface area contributed by atoms with E-state index < -0.39 is 31.3 Å². The molecule has 0 fully saturated rings. The summed E-state index contributed by atoms with van der Waals surface area (Å²) in [7, 11) is 0. The van der Waals surface area contributed by atoms with E-state index in [1.807, 2.05) is 12.1 Å². The predicted molar refractivity (Wildman–Crippen MR) is 127 cm³/mol. The average Bonchev–Trinajstić information content (AvgIpc) is 2.84. The van der Waals surface area contributed by atoms with Gasteiger partial charge in [-0.1, -0.05) is 84.1 Å². The van der Waals surface area contributed by atoms with Crippen LogP contribution in [0.2, 0.25) is 0 Å². The number of carboxylic acid groups (broad SMARTS) is 1. The van der Waals surface area contributed by atoms with Crippen LogP contribution < -0.4 is 4.52 Å². The molecule has 2 atom stereocenters. The van der Waals surface area contributed by atoms with Crippen LogP contribution in [-0.4, -0.2) is 28.3 Å². The molecule has 0 aliphatic heterocycles. The molecule has 3 aromatic rings. The van der Waals surface area contributed by atoms with Crippen molar-refractivity contribution in [2.24, 2.45) is 0 Å². The lowest BCUT2D eigenvalue weighted by Gasteiger charge is -2.27. The van der Waals surface area contributed by atoms with Gasteiger partial charge in [-0.25, -0.2) is 9.36 Å². The number of rotatable bonds is 13. The van der Waals surface area contributed by atoms with E-state index in [2.05, 4.69) is 0 Å². The Morgan fingerprint density at radius 1 is 0.829 bits per heavy atom. The van der Waals surface area contributed by atoms with Gasteiger partial charge in [-0.2, -0.15) is 0 Å². The van der Waals surface area contributed by atoms with Crippen molar-refractivity contribution in [3.8, 4) is 5.75 Å². The largest absolute Gasteiger partial charge is 0.532 e. The Hall–Kier alpha value is -3.20. The first kappa shape index (κ1) is 26.4. The van der Waals surface area contributed by atoms with Crippen molar-refractivity contribution in [3.63, 3.8) is 0 Å². The highest BCUT2D eigenvalue weighted by molar-refractivity contribution is 7.82. The minimum absolute atomic E-state index is 0.0436. The maximum absolute atomic E-state index is 12.9. The zero-order chi connectivity index (χ0) is 25.1. The smallest absolute Gasteiger partial charge is 0.481 e. The molecule has 0 saturated heterocycles. The summed E-state index contributed by atoms with van der Waals surface area (Å²) in [5.41, 5.74) is 1.47. The second-order valence-electron chi connectivity index (χ2n) is 7.16. The third kappa shape index (κ3) is 9.16. The summed E-state index contributed by atoms with van der Waals surface area (Å²) in [5, 5.41) is 10.1. The zero-order valence-corrected chi connectivity index (χ0v) is 20.1. The van der Waals surface area contributed by atoms with Crippen LogP contribution in [0.4, 0.5) is 0 Å². The van der Waals surface area contributed by atoms with Crippen LogP contribution in [0.3, 0.4) is 0 Å². The highest BCUT2D eigenvalue weighted by Crippen LogP contribution is 2.53. The third-order valence-electron chi connectivity index (χ3n) is 4.45. The lowest BCUT2D eigenvalue weighted by atomic mass is 10.2. The third-order valence-corrected chi connectivity index (χ3v) is 5.69. The first-order valence-corrected chi connectivity index (χ1v) is 12.9. The van der Waals surface area contributed by atoms with Crippen molar-refractivity contribution in [1.29, 1.82) is 0 Å². The monoisotopic (exact) mass is 519 g/mol. The van der Waals surface area contributed by atoms with Crippen LogP contribution in [0.5, 0.6) is 5.75 Å². The second kappa shape index (κ2) is 13.0. The Kier molecular flexibility index (Phi) is 9.84. The number of hydrogen-bond donors (Lipinski definition) is 1. The van der Waals surface area contributed by atoms with E-state index in [4.69, 9.17) is 30.0 Å². The molecule has 1 N–H and O–H groups in total. The van der Waals surface area contributed by atoms with Gasteiger partial charge in [0.25, 0.3) is 0 Å². The van der Waals surface area contributed by atoms with Gasteiger partial charge in [-0.15, -0.1) is 0 Å². The molecule has 1 unspecified atom stereocenters. The van der Waals surface area contributed by atoms with Gasteiger partial charge in [0.1, 0.15) is 5.75 Å². The van der Waals surface area contributed by atoms with Crippen molar-refractivity contribution in [2.45, 2.75) is 25.7 Å². The maximum atomic E-state index is 12.9. The van der Waals surface area contributed by atoms with Crippen LogP contribution in [-0.2, 0) is 41.6 Å². The molecule has 0 aromatic heterocycles. The highest BCUT2D eigenvalue weighted by Gasteiger charge is 2.38.